The lowest BCUT2D eigenvalue weighted by molar-refractivity contribution is 0.0965. The Bertz CT molecular complexity index is 353. The summed E-state index contributed by atoms with van der Waals surface area (Å²) in [5.41, 5.74) is 4.63. The first-order chi connectivity index (χ1) is 6.09. The molecule has 0 bridgehead atoms. The van der Waals surface area contributed by atoms with E-state index in [0.29, 0.717) is 0 Å². The first-order valence-corrected chi connectivity index (χ1v) is 3.31. The van der Waals surface area contributed by atoms with Crippen molar-refractivity contribution >= 4 is 11.9 Å². The minimum absolute atomic E-state index is 0.0567. The summed E-state index contributed by atoms with van der Waals surface area (Å²) in [4.78, 5) is 24.7. The third kappa shape index (κ3) is 2.51. The minimum atomic E-state index is -0.991. The van der Waals surface area contributed by atoms with Crippen molar-refractivity contribution in [3.05, 3.63) is 29.8 Å². The van der Waals surface area contributed by atoms with Gasteiger partial charge in [0, 0.05) is 6.20 Å². The fourth-order valence-corrected chi connectivity index (χ4v) is 0.720. The molecule has 3 N–H and O–H groups in total. The lowest BCUT2D eigenvalue weighted by Crippen LogP contribution is -2.35. The van der Waals surface area contributed by atoms with Gasteiger partial charge in [0.1, 0.15) is 5.82 Å². The Hall–Kier alpha value is -1.98. The van der Waals surface area contributed by atoms with Gasteiger partial charge in [-0.1, -0.05) is 0 Å². The number of amides is 3. The number of carbonyl (C=O) groups is 2. The van der Waals surface area contributed by atoms with E-state index in [1.807, 2.05) is 0 Å². The molecule has 0 fully saturated rings. The molecule has 1 aromatic heterocycles. The number of rotatable bonds is 1. The van der Waals surface area contributed by atoms with Crippen LogP contribution in [0.5, 0.6) is 0 Å². The van der Waals surface area contributed by atoms with Crippen molar-refractivity contribution in [3.63, 3.8) is 0 Å². The highest BCUT2D eigenvalue weighted by atomic mass is 19.1. The SMILES string of the molecule is NC(=O)NC(=O)c1cncc(F)c1. The molecule has 0 aliphatic carbocycles. The average Bonchev–Trinajstić information content (AvgIpc) is 2.03. The molecule has 0 aliphatic rings. The molecule has 0 radical (unpaired) electrons. The van der Waals surface area contributed by atoms with E-state index in [0.717, 1.165) is 18.5 Å². The zero-order valence-corrected chi connectivity index (χ0v) is 6.45. The van der Waals surface area contributed by atoms with E-state index in [9.17, 15) is 14.0 Å². The summed E-state index contributed by atoms with van der Waals surface area (Å²) in [6, 6.07) is -0.0417. The van der Waals surface area contributed by atoms with Crippen molar-refractivity contribution in [3.8, 4) is 0 Å². The van der Waals surface area contributed by atoms with Crippen LogP contribution in [0.2, 0.25) is 0 Å². The van der Waals surface area contributed by atoms with Crippen molar-refractivity contribution in [1.29, 1.82) is 0 Å². The quantitative estimate of drug-likeness (QED) is 0.644. The number of nitrogens with zero attached hydrogens (tertiary/aromatic N) is 1. The van der Waals surface area contributed by atoms with Crippen LogP contribution in [-0.4, -0.2) is 16.9 Å². The maximum absolute atomic E-state index is 12.5. The molecule has 0 aromatic carbocycles. The Kier molecular flexibility index (Phi) is 2.53. The molecule has 6 heteroatoms. The lowest BCUT2D eigenvalue weighted by atomic mass is 10.3. The fraction of sp³-hybridized carbons (Fsp3) is 0. The smallest absolute Gasteiger partial charge is 0.319 e. The van der Waals surface area contributed by atoms with Gasteiger partial charge in [-0.25, -0.2) is 9.18 Å². The van der Waals surface area contributed by atoms with Crippen LogP contribution < -0.4 is 11.1 Å². The molecule has 0 saturated heterocycles. The van der Waals surface area contributed by atoms with E-state index in [2.05, 4.69) is 10.7 Å². The van der Waals surface area contributed by atoms with Crippen LogP contribution in [0.3, 0.4) is 0 Å². The standard InChI is InChI=1S/C7H6FN3O2/c8-5-1-4(2-10-3-5)6(12)11-7(9)13/h1-3H,(H3,9,11,12,13). The number of nitrogens with one attached hydrogen (secondary N) is 1. The summed E-state index contributed by atoms with van der Waals surface area (Å²) in [7, 11) is 0. The van der Waals surface area contributed by atoms with Gasteiger partial charge < -0.3 is 5.73 Å². The van der Waals surface area contributed by atoms with Crippen LogP contribution in [-0.2, 0) is 0 Å². The number of hydrogen-bond donors (Lipinski definition) is 2. The number of halogens is 1. The summed E-state index contributed by atoms with van der Waals surface area (Å²) in [5.74, 6) is -1.43. The maximum Gasteiger partial charge on any atom is 0.319 e. The van der Waals surface area contributed by atoms with Gasteiger partial charge in [0.05, 0.1) is 11.8 Å². The van der Waals surface area contributed by atoms with Crippen LogP contribution in [0.25, 0.3) is 0 Å². The third-order valence-electron chi connectivity index (χ3n) is 1.20. The van der Waals surface area contributed by atoms with Crippen LogP contribution in [0, 0.1) is 5.82 Å². The van der Waals surface area contributed by atoms with Crippen LogP contribution in [0.4, 0.5) is 9.18 Å². The van der Waals surface area contributed by atoms with Crippen molar-refractivity contribution in [2.45, 2.75) is 0 Å². The van der Waals surface area contributed by atoms with Gasteiger partial charge in [0.25, 0.3) is 5.91 Å². The summed E-state index contributed by atoms with van der Waals surface area (Å²) in [6.45, 7) is 0. The predicted octanol–water partition coefficient (Wildman–Crippen LogP) is 0.0292. The molecule has 1 rings (SSSR count). The average molecular weight is 183 g/mol. The number of aromatic nitrogens is 1. The van der Waals surface area contributed by atoms with E-state index in [-0.39, 0.29) is 5.56 Å². The van der Waals surface area contributed by atoms with Crippen LogP contribution in [0.1, 0.15) is 10.4 Å². The Labute approximate surface area is 72.8 Å². The largest absolute Gasteiger partial charge is 0.351 e. The van der Waals surface area contributed by atoms with Crippen molar-refractivity contribution in [1.82, 2.24) is 10.3 Å². The first kappa shape index (κ1) is 9.11. The number of imide groups is 1. The van der Waals surface area contributed by atoms with E-state index in [4.69, 9.17) is 0 Å². The summed E-state index contributed by atoms with van der Waals surface area (Å²) < 4.78 is 12.5. The second-order valence-corrected chi connectivity index (χ2v) is 2.21. The second-order valence-electron chi connectivity index (χ2n) is 2.21. The Morgan fingerprint density at radius 2 is 2.15 bits per heavy atom. The topological polar surface area (TPSA) is 85.1 Å². The summed E-state index contributed by atoms with van der Waals surface area (Å²) >= 11 is 0. The number of nitrogens with two attached hydrogens (primary N) is 1. The summed E-state index contributed by atoms with van der Waals surface area (Å²) in [6.07, 6.45) is 2.07. The second kappa shape index (κ2) is 3.61. The molecular weight excluding hydrogens is 177 g/mol. The minimum Gasteiger partial charge on any atom is -0.351 e. The monoisotopic (exact) mass is 183 g/mol. The Morgan fingerprint density at radius 1 is 1.46 bits per heavy atom. The van der Waals surface area contributed by atoms with Gasteiger partial charge in [-0.2, -0.15) is 0 Å². The number of primary amides is 1. The highest BCUT2D eigenvalue weighted by Gasteiger charge is 2.08. The number of carbonyl (C=O) groups excluding carboxylic acids is 2. The van der Waals surface area contributed by atoms with Gasteiger partial charge in [-0.3, -0.25) is 15.1 Å². The normalized spacial score (nSPS) is 9.31. The predicted molar refractivity (Wildman–Crippen MR) is 41.2 cm³/mol. The zero-order valence-electron chi connectivity index (χ0n) is 6.45. The number of hydrogen-bond acceptors (Lipinski definition) is 3. The zero-order chi connectivity index (χ0) is 9.84. The van der Waals surface area contributed by atoms with E-state index >= 15 is 0 Å². The third-order valence-corrected chi connectivity index (χ3v) is 1.20. The number of pyridine rings is 1. The van der Waals surface area contributed by atoms with Crippen molar-refractivity contribution in [2.24, 2.45) is 5.73 Å². The maximum atomic E-state index is 12.5. The Morgan fingerprint density at radius 3 is 2.69 bits per heavy atom. The molecule has 0 unspecified atom stereocenters. The van der Waals surface area contributed by atoms with Crippen LogP contribution >= 0.6 is 0 Å². The molecule has 0 aliphatic heterocycles. The van der Waals surface area contributed by atoms with Gasteiger partial charge in [-0.05, 0) is 6.07 Å². The van der Waals surface area contributed by atoms with Crippen molar-refractivity contribution < 1.29 is 14.0 Å². The number of urea groups is 1. The molecule has 0 atom stereocenters. The molecule has 1 aromatic rings. The molecule has 13 heavy (non-hydrogen) atoms. The molecule has 0 saturated carbocycles. The van der Waals surface area contributed by atoms with E-state index in [1.165, 1.54) is 0 Å². The molecule has 3 amide bonds. The highest BCUT2D eigenvalue weighted by molar-refractivity contribution is 6.03. The molecule has 0 spiro atoms. The van der Waals surface area contributed by atoms with E-state index < -0.39 is 17.8 Å². The Balaban J connectivity index is 2.83. The molecule has 1 heterocycles. The first-order valence-electron chi connectivity index (χ1n) is 3.31. The fourth-order valence-electron chi connectivity index (χ4n) is 0.720. The van der Waals surface area contributed by atoms with Gasteiger partial charge in [-0.15, -0.1) is 0 Å². The molecular formula is C7H6FN3O2. The van der Waals surface area contributed by atoms with Gasteiger partial charge in [0.2, 0.25) is 0 Å². The summed E-state index contributed by atoms with van der Waals surface area (Å²) in [5, 5.41) is 1.78. The highest BCUT2D eigenvalue weighted by Crippen LogP contribution is 1.99. The molecule has 68 valence electrons. The van der Waals surface area contributed by atoms with E-state index in [1.54, 1.807) is 5.32 Å². The van der Waals surface area contributed by atoms with Crippen molar-refractivity contribution in [2.75, 3.05) is 0 Å². The van der Waals surface area contributed by atoms with Gasteiger partial charge >= 0.3 is 6.03 Å². The lowest BCUT2D eigenvalue weighted by Gasteiger charge is -1.99. The van der Waals surface area contributed by atoms with Gasteiger partial charge in [0.15, 0.2) is 0 Å². The molecule has 5 nitrogen and oxygen atoms in total. The van der Waals surface area contributed by atoms with Crippen LogP contribution in [0.15, 0.2) is 18.5 Å².